The molecule has 0 saturated carbocycles. The molecule has 0 unspecified atom stereocenters. The highest BCUT2D eigenvalue weighted by Crippen LogP contribution is 2.18. The van der Waals surface area contributed by atoms with Crippen molar-refractivity contribution in [2.24, 2.45) is 5.73 Å². The average molecular weight is 245 g/mol. The van der Waals surface area contributed by atoms with E-state index >= 15 is 0 Å². The first-order chi connectivity index (χ1) is 7.77. The fourth-order valence-electron chi connectivity index (χ4n) is 1.15. The number of nitrogens with two attached hydrogens (primary N) is 1. The minimum Gasteiger partial charge on any atom is -0.475 e. The second-order valence-corrected chi connectivity index (χ2v) is 3.69. The summed E-state index contributed by atoms with van der Waals surface area (Å²) in [5, 5.41) is 0.567. The highest BCUT2D eigenvalue weighted by Gasteiger charge is 2.02. The first-order valence-electron chi connectivity index (χ1n) is 5.33. The molecule has 0 atom stereocenters. The minimum atomic E-state index is 0.379. The van der Waals surface area contributed by atoms with E-state index < -0.39 is 0 Å². The Bertz CT molecular complexity index is 321. The van der Waals surface area contributed by atoms with E-state index in [0.29, 0.717) is 30.7 Å². The molecule has 1 aromatic rings. The Morgan fingerprint density at radius 1 is 1.38 bits per heavy atom. The van der Waals surface area contributed by atoms with Crippen LogP contribution in [-0.4, -0.2) is 24.8 Å². The van der Waals surface area contributed by atoms with E-state index in [0.717, 1.165) is 18.6 Å². The van der Waals surface area contributed by atoms with Gasteiger partial charge < -0.3 is 15.2 Å². The van der Waals surface area contributed by atoms with Gasteiger partial charge in [0.05, 0.1) is 11.6 Å². The van der Waals surface area contributed by atoms with Crippen molar-refractivity contribution in [2.75, 3.05) is 19.8 Å². The molecule has 16 heavy (non-hydrogen) atoms. The van der Waals surface area contributed by atoms with Crippen molar-refractivity contribution in [1.82, 2.24) is 4.98 Å². The number of nitrogens with zero attached hydrogens (tertiary/aromatic N) is 1. The zero-order valence-corrected chi connectivity index (χ0v) is 10.2. The van der Waals surface area contributed by atoms with Crippen molar-refractivity contribution in [3.8, 4) is 5.88 Å². The number of aromatic nitrogens is 1. The molecule has 0 saturated heterocycles. The number of rotatable bonds is 7. The molecular weight excluding hydrogens is 228 g/mol. The van der Waals surface area contributed by atoms with Crippen molar-refractivity contribution in [2.45, 2.75) is 19.9 Å². The SMILES string of the molecule is CCCOCCOc1cc(CN)c(Cl)cn1. The first-order valence-corrected chi connectivity index (χ1v) is 5.70. The van der Waals surface area contributed by atoms with Crippen LogP contribution in [0.25, 0.3) is 0 Å². The minimum absolute atomic E-state index is 0.379. The predicted molar refractivity (Wildman–Crippen MR) is 63.7 cm³/mol. The number of hydrogen-bond acceptors (Lipinski definition) is 4. The third-order valence-electron chi connectivity index (χ3n) is 1.96. The molecule has 1 heterocycles. The van der Waals surface area contributed by atoms with Crippen LogP contribution in [0.4, 0.5) is 0 Å². The van der Waals surface area contributed by atoms with Crippen molar-refractivity contribution in [3.63, 3.8) is 0 Å². The number of hydrogen-bond donors (Lipinski definition) is 1. The third kappa shape index (κ3) is 4.35. The second-order valence-electron chi connectivity index (χ2n) is 3.28. The monoisotopic (exact) mass is 244 g/mol. The van der Waals surface area contributed by atoms with Crippen molar-refractivity contribution < 1.29 is 9.47 Å². The van der Waals surface area contributed by atoms with Crippen molar-refractivity contribution >= 4 is 11.6 Å². The highest BCUT2D eigenvalue weighted by molar-refractivity contribution is 6.31. The highest BCUT2D eigenvalue weighted by atomic mass is 35.5. The van der Waals surface area contributed by atoms with E-state index in [9.17, 15) is 0 Å². The van der Waals surface area contributed by atoms with E-state index in [-0.39, 0.29) is 0 Å². The van der Waals surface area contributed by atoms with Gasteiger partial charge in [0, 0.05) is 25.4 Å². The molecular formula is C11H17ClN2O2. The molecule has 0 aromatic carbocycles. The van der Waals surface area contributed by atoms with Gasteiger partial charge in [-0.3, -0.25) is 0 Å². The lowest BCUT2D eigenvalue weighted by Gasteiger charge is -2.07. The van der Waals surface area contributed by atoms with Gasteiger partial charge in [0.25, 0.3) is 0 Å². The summed E-state index contributed by atoms with van der Waals surface area (Å²) < 4.78 is 10.7. The number of halogens is 1. The Kier molecular flexibility index (Phi) is 6.15. The average Bonchev–Trinajstić information content (AvgIpc) is 2.31. The summed E-state index contributed by atoms with van der Waals surface area (Å²) in [6.45, 7) is 4.25. The zero-order valence-electron chi connectivity index (χ0n) is 9.41. The Balaban J connectivity index is 2.36. The summed E-state index contributed by atoms with van der Waals surface area (Å²) in [4.78, 5) is 4.04. The fraction of sp³-hybridized carbons (Fsp3) is 0.545. The van der Waals surface area contributed by atoms with Gasteiger partial charge in [-0.25, -0.2) is 4.98 Å². The lowest BCUT2D eigenvalue weighted by molar-refractivity contribution is 0.0990. The Morgan fingerprint density at radius 3 is 2.88 bits per heavy atom. The molecule has 1 aromatic heterocycles. The smallest absolute Gasteiger partial charge is 0.213 e. The summed E-state index contributed by atoms with van der Waals surface area (Å²) in [6.07, 6.45) is 2.56. The summed E-state index contributed by atoms with van der Waals surface area (Å²) in [6, 6.07) is 1.75. The molecule has 90 valence electrons. The predicted octanol–water partition coefficient (Wildman–Crippen LogP) is 2.00. The largest absolute Gasteiger partial charge is 0.475 e. The van der Waals surface area contributed by atoms with E-state index in [4.69, 9.17) is 26.8 Å². The van der Waals surface area contributed by atoms with E-state index in [1.807, 2.05) is 0 Å². The fourth-order valence-corrected chi connectivity index (χ4v) is 1.33. The molecule has 0 amide bonds. The van der Waals surface area contributed by atoms with Crippen molar-refractivity contribution in [3.05, 3.63) is 22.8 Å². The van der Waals surface area contributed by atoms with Gasteiger partial charge in [0.15, 0.2) is 0 Å². The van der Waals surface area contributed by atoms with E-state index in [1.54, 1.807) is 12.3 Å². The molecule has 1 rings (SSSR count). The molecule has 2 N–H and O–H groups in total. The quantitative estimate of drug-likeness (QED) is 0.746. The third-order valence-corrected chi connectivity index (χ3v) is 2.30. The van der Waals surface area contributed by atoms with Gasteiger partial charge in [0.2, 0.25) is 5.88 Å². The topological polar surface area (TPSA) is 57.4 Å². The van der Waals surface area contributed by atoms with E-state index in [1.165, 1.54) is 0 Å². The summed E-state index contributed by atoms with van der Waals surface area (Å²) >= 11 is 5.88. The normalized spacial score (nSPS) is 10.4. The standard InChI is InChI=1S/C11H17ClN2O2/c1-2-3-15-4-5-16-11-6-9(7-13)10(12)8-14-11/h6,8H,2-5,7,13H2,1H3. The van der Waals surface area contributed by atoms with Gasteiger partial charge >= 0.3 is 0 Å². The van der Waals surface area contributed by atoms with Crippen LogP contribution in [0.15, 0.2) is 12.3 Å². The van der Waals surface area contributed by atoms with Crippen LogP contribution in [0.5, 0.6) is 5.88 Å². The van der Waals surface area contributed by atoms with Crippen LogP contribution < -0.4 is 10.5 Å². The maximum atomic E-state index is 5.88. The van der Waals surface area contributed by atoms with Crippen LogP contribution in [-0.2, 0) is 11.3 Å². The first kappa shape index (κ1) is 13.2. The van der Waals surface area contributed by atoms with Crippen LogP contribution in [0.3, 0.4) is 0 Å². The van der Waals surface area contributed by atoms with Crippen LogP contribution in [0.2, 0.25) is 5.02 Å². The molecule has 0 spiro atoms. The lowest BCUT2D eigenvalue weighted by atomic mass is 10.3. The van der Waals surface area contributed by atoms with Gasteiger partial charge in [-0.1, -0.05) is 18.5 Å². The number of ether oxygens (including phenoxy) is 2. The molecule has 5 heteroatoms. The van der Waals surface area contributed by atoms with Crippen molar-refractivity contribution in [1.29, 1.82) is 0 Å². The Labute approximate surface area is 101 Å². The Hall–Kier alpha value is -0.840. The summed E-state index contributed by atoms with van der Waals surface area (Å²) in [5.74, 6) is 0.532. The van der Waals surface area contributed by atoms with Crippen LogP contribution in [0.1, 0.15) is 18.9 Å². The lowest BCUT2D eigenvalue weighted by Crippen LogP contribution is -2.08. The molecule has 0 aliphatic heterocycles. The van der Waals surface area contributed by atoms with Crippen LogP contribution in [0, 0.1) is 0 Å². The van der Waals surface area contributed by atoms with Gasteiger partial charge in [-0.05, 0) is 12.0 Å². The molecule has 0 bridgehead atoms. The summed E-state index contributed by atoms with van der Waals surface area (Å²) in [5.41, 5.74) is 6.36. The molecule has 0 aliphatic carbocycles. The second kappa shape index (κ2) is 7.44. The van der Waals surface area contributed by atoms with Gasteiger partial charge in [0.1, 0.15) is 6.61 Å². The Morgan fingerprint density at radius 2 is 2.19 bits per heavy atom. The van der Waals surface area contributed by atoms with Gasteiger partial charge in [-0.2, -0.15) is 0 Å². The van der Waals surface area contributed by atoms with E-state index in [2.05, 4.69) is 11.9 Å². The maximum absolute atomic E-state index is 5.88. The molecule has 0 fully saturated rings. The number of pyridine rings is 1. The molecule has 0 aliphatic rings. The van der Waals surface area contributed by atoms with Gasteiger partial charge in [-0.15, -0.1) is 0 Å². The van der Waals surface area contributed by atoms with Crippen LogP contribution >= 0.6 is 11.6 Å². The molecule has 4 nitrogen and oxygen atoms in total. The molecule has 0 radical (unpaired) electrons. The zero-order chi connectivity index (χ0) is 11.8. The summed E-state index contributed by atoms with van der Waals surface area (Å²) in [7, 11) is 0. The maximum Gasteiger partial charge on any atom is 0.213 e.